The lowest BCUT2D eigenvalue weighted by Crippen LogP contribution is -2.30. The molecule has 5 N–H and O–H groups in total. The number of pyridine rings is 1. The van der Waals surface area contributed by atoms with Crippen molar-refractivity contribution in [2.75, 3.05) is 10.6 Å². The quantitative estimate of drug-likeness (QED) is 0.0991. The Hall–Kier alpha value is -5.42. The summed E-state index contributed by atoms with van der Waals surface area (Å²) in [7, 11) is 0. The molecule has 3 aromatic carbocycles. The van der Waals surface area contributed by atoms with Crippen molar-refractivity contribution in [2.45, 2.75) is 17.1 Å². The first-order valence-corrected chi connectivity index (χ1v) is 13.5. The molecule has 1 aromatic heterocycles. The van der Waals surface area contributed by atoms with Gasteiger partial charge in [0.1, 0.15) is 17.0 Å². The molecular weight excluding hydrogens is 556 g/mol. The number of carboxylic acids is 1. The number of aromatic carboxylic acids is 1. The van der Waals surface area contributed by atoms with Crippen LogP contribution in [0.25, 0.3) is 6.08 Å². The summed E-state index contributed by atoms with van der Waals surface area (Å²) in [6, 6.07) is 22.6. The lowest BCUT2D eigenvalue weighted by atomic mass is 10.2. The minimum atomic E-state index is -1.32. The summed E-state index contributed by atoms with van der Waals surface area (Å²) in [5.74, 6) is -3.11. The number of phenols is 1. The average Bonchev–Trinajstić information content (AvgIpc) is 2.98. The molecule has 0 saturated carbocycles. The molecule has 3 amide bonds. The number of carbonyl (C=O) groups is 4. The van der Waals surface area contributed by atoms with Gasteiger partial charge in [-0.25, -0.2) is 4.79 Å². The summed E-state index contributed by atoms with van der Waals surface area (Å²) < 4.78 is 0. The zero-order valence-corrected chi connectivity index (χ0v) is 23.1. The number of carbonyl (C=O) groups excluding carboxylic acids is 3. The normalized spacial score (nSPS) is 11.7. The number of aromatic hydroxyl groups is 1. The van der Waals surface area contributed by atoms with Crippen LogP contribution in [0, 0.1) is 0 Å². The van der Waals surface area contributed by atoms with Crippen LogP contribution in [0.3, 0.4) is 0 Å². The Labute approximate surface area is 245 Å². The van der Waals surface area contributed by atoms with Gasteiger partial charge >= 0.3 is 5.97 Å². The van der Waals surface area contributed by atoms with Crippen molar-refractivity contribution in [1.82, 2.24) is 10.3 Å². The number of benzene rings is 3. The van der Waals surface area contributed by atoms with E-state index in [0.29, 0.717) is 21.7 Å². The van der Waals surface area contributed by atoms with E-state index in [1.165, 1.54) is 36.0 Å². The summed E-state index contributed by atoms with van der Waals surface area (Å²) in [5, 5.41) is 26.4. The molecule has 42 heavy (non-hydrogen) atoms. The van der Waals surface area contributed by atoms with Gasteiger partial charge in [0.2, 0.25) is 5.91 Å². The number of hydrogen-bond acceptors (Lipinski definition) is 7. The standard InChI is InChI=1S/C31H26N4O6S/c1-19(28(37)33-23-12-13-27(36)25(17-23)31(40)41)42-24-11-5-10-22(16-24)34-30(39)26(15-20-7-6-14-32-18-20)35-29(38)21-8-3-2-4-9-21/h2-19,36H,1H3,(H,33,37)(H,34,39)(H,35,38)(H,40,41)/b26-15-. The fraction of sp³-hybridized carbons (Fsp3) is 0.0645. The van der Waals surface area contributed by atoms with E-state index < -0.39 is 28.8 Å². The molecule has 10 nitrogen and oxygen atoms in total. The number of aromatic nitrogens is 1. The van der Waals surface area contributed by atoms with Crippen molar-refractivity contribution in [3.05, 3.63) is 120 Å². The molecule has 1 atom stereocenters. The Kier molecular flexibility index (Phi) is 9.69. The third kappa shape index (κ3) is 8.05. The number of thioether (sulfide) groups is 1. The van der Waals surface area contributed by atoms with Crippen LogP contribution in [0.5, 0.6) is 5.75 Å². The van der Waals surface area contributed by atoms with E-state index in [0.717, 1.165) is 0 Å². The fourth-order valence-electron chi connectivity index (χ4n) is 3.70. The minimum Gasteiger partial charge on any atom is -0.507 e. The maximum atomic E-state index is 13.3. The first kappa shape index (κ1) is 29.6. The smallest absolute Gasteiger partial charge is 0.339 e. The molecule has 0 saturated heterocycles. The van der Waals surface area contributed by atoms with Crippen LogP contribution < -0.4 is 16.0 Å². The molecule has 1 unspecified atom stereocenters. The van der Waals surface area contributed by atoms with Crippen molar-refractivity contribution in [3.8, 4) is 5.75 Å². The third-order valence-corrected chi connectivity index (χ3v) is 6.89. The molecule has 0 spiro atoms. The first-order chi connectivity index (χ1) is 20.2. The molecular formula is C31H26N4O6S. The Morgan fingerprint density at radius 3 is 2.36 bits per heavy atom. The number of carboxylic acid groups (broad SMARTS) is 1. The second kappa shape index (κ2) is 13.8. The van der Waals surface area contributed by atoms with Crippen LogP contribution in [0.1, 0.15) is 33.2 Å². The molecule has 0 fully saturated rings. The molecule has 0 radical (unpaired) electrons. The number of nitrogens with zero attached hydrogens (tertiary/aromatic N) is 1. The van der Waals surface area contributed by atoms with Crippen LogP contribution in [0.15, 0.2) is 108 Å². The molecule has 0 aliphatic heterocycles. The monoisotopic (exact) mass is 582 g/mol. The molecule has 0 aliphatic carbocycles. The van der Waals surface area contributed by atoms with E-state index in [1.807, 2.05) is 0 Å². The average molecular weight is 583 g/mol. The van der Waals surface area contributed by atoms with E-state index in [9.17, 15) is 29.4 Å². The van der Waals surface area contributed by atoms with Crippen LogP contribution >= 0.6 is 11.8 Å². The maximum Gasteiger partial charge on any atom is 0.339 e. The van der Waals surface area contributed by atoms with Crippen molar-refractivity contribution in [2.24, 2.45) is 0 Å². The maximum absolute atomic E-state index is 13.3. The van der Waals surface area contributed by atoms with Crippen molar-refractivity contribution in [3.63, 3.8) is 0 Å². The Morgan fingerprint density at radius 2 is 1.64 bits per heavy atom. The van der Waals surface area contributed by atoms with E-state index in [1.54, 1.807) is 86.0 Å². The summed E-state index contributed by atoms with van der Waals surface area (Å²) in [6.45, 7) is 1.68. The van der Waals surface area contributed by atoms with Gasteiger partial charge in [0.15, 0.2) is 0 Å². The van der Waals surface area contributed by atoms with E-state index in [2.05, 4.69) is 20.9 Å². The number of rotatable bonds is 10. The number of nitrogens with one attached hydrogen (secondary N) is 3. The fourth-order valence-corrected chi connectivity index (χ4v) is 4.63. The zero-order chi connectivity index (χ0) is 30.1. The van der Waals surface area contributed by atoms with Gasteiger partial charge in [0, 0.05) is 34.2 Å². The second-order valence-electron chi connectivity index (χ2n) is 8.93. The van der Waals surface area contributed by atoms with Gasteiger partial charge in [-0.3, -0.25) is 19.4 Å². The van der Waals surface area contributed by atoms with Gasteiger partial charge in [0.05, 0.1) is 5.25 Å². The highest BCUT2D eigenvalue weighted by Gasteiger charge is 2.18. The van der Waals surface area contributed by atoms with E-state index in [-0.39, 0.29) is 22.9 Å². The topological polar surface area (TPSA) is 158 Å². The predicted molar refractivity (Wildman–Crippen MR) is 160 cm³/mol. The third-order valence-electron chi connectivity index (χ3n) is 5.79. The van der Waals surface area contributed by atoms with Crippen molar-refractivity contribution >= 4 is 52.9 Å². The van der Waals surface area contributed by atoms with Gasteiger partial charge in [-0.15, -0.1) is 11.8 Å². The molecule has 4 rings (SSSR count). The number of hydrogen-bond donors (Lipinski definition) is 5. The highest BCUT2D eigenvalue weighted by molar-refractivity contribution is 8.00. The number of anilines is 2. The van der Waals surface area contributed by atoms with E-state index in [4.69, 9.17) is 0 Å². The number of amides is 3. The molecule has 0 bridgehead atoms. The molecule has 11 heteroatoms. The molecule has 1 heterocycles. The predicted octanol–water partition coefficient (Wildman–Crippen LogP) is 5.01. The van der Waals surface area contributed by atoms with Crippen molar-refractivity contribution < 1.29 is 29.4 Å². The van der Waals surface area contributed by atoms with Gasteiger partial charge in [-0.2, -0.15) is 0 Å². The zero-order valence-electron chi connectivity index (χ0n) is 22.3. The highest BCUT2D eigenvalue weighted by Crippen LogP contribution is 2.28. The summed E-state index contributed by atoms with van der Waals surface area (Å²) in [4.78, 5) is 54.8. The van der Waals surface area contributed by atoms with E-state index >= 15 is 0 Å². The Morgan fingerprint density at radius 1 is 0.881 bits per heavy atom. The van der Waals surface area contributed by atoms with Gasteiger partial charge in [-0.05, 0) is 73.2 Å². The Bertz CT molecular complexity index is 1640. The largest absolute Gasteiger partial charge is 0.507 e. The Balaban J connectivity index is 1.45. The SMILES string of the molecule is CC(Sc1cccc(NC(=O)/C(=C/c2cccnc2)NC(=O)c2ccccc2)c1)C(=O)Nc1ccc(O)c(C(=O)O)c1. The molecule has 4 aromatic rings. The minimum absolute atomic E-state index is 0.0114. The van der Waals surface area contributed by atoms with Crippen LogP contribution in [0.4, 0.5) is 11.4 Å². The lowest BCUT2D eigenvalue weighted by molar-refractivity contribution is -0.115. The summed E-state index contributed by atoms with van der Waals surface area (Å²) in [6.07, 6.45) is 4.68. The van der Waals surface area contributed by atoms with Gasteiger partial charge < -0.3 is 26.2 Å². The van der Waals surface area contributed by atoms with Gasteiger partial charge in [-0.1, -0.05) is 30.3 Å². The van der Waals surface area contributed by atoms with Crippen LogP contribution in [-0.2, 0) is 9.59 Å². The van der Waals surface area contributed by atoms with Crippen molar-refractivity contribution in [1.29, 1.82) is 0 Å². The summed E-state index contributed by atoms with van der Waals surface area (Å²) >= 11 is 1.22. The first-order valence-electron chi connectivity index (χ1n) is 12.6. The van der Waals surface area contributed by atoms with Crippen LogP contribution in [0.2, 0.25) is 0 Å². The molecule has 0 aliphatic rings. The van der Waals surface area contributed by atoms with Crippen LogP contribution in [-0.4, -0.2) is 44.1 Å². The van der Waals surface area contributed by atoms with Gasteiger partial charge in [0.25, 0.3) is 11.8 Å². The second-order valence-corrected chi connectivity index (χ2v) is 10.3. The molecule has 212 valence electrons. The highest BCUT2D eigenvalue weighted by atomic mass is 32.2. The summed E-state index contributed by atoms with van der Waals surface area (Å²) in [5.41, 5.74) is 1.36. The lowest BCUT2D eigenvalue weighted by Gasteiger charge is -2.14.